The first-order valence-electron chi connectivity index (χ1n) is 5.79. The summed E-state index contributed by atoms with van der Waals surface area (Å²) < 4.78 is 5.37. The van der Waals surface area contributed by atoms with Crippen LogP contribution in [0.1, 0.15) is 30.0 Å². The van der Waals surface area contributed by atoms with Crippen LogP contribution in [0.5, 0.6) is 5.75 Å². The predicted octanol–water partition coefficient (Wildman–Crippen LogP) is 3.28. The molecule has 0 aliphatic carbocycles. The second-order valence-corrected chi connectivity index (χ2v) is 4.25. The third kappa shape index (κ3) is 1.80. The van der Waals surface area contributed by atoms with Crippen LogP contribution in [0.25, 0.3) is 0 Å². The summed E-state index contributed by atoms with van der Waals surface area (Å²) in [5.41, 5.74) is 2.63. The second-order valence-electron chi connectivity index (χ2n) is 4.25. The van der Waals surface area contributed by atoms with E-state index in [1.54, 1.807) is 7.11 Å². The molecule has 2 heteroatoms. The molecule has 0 N–H and O–H groups in total. The second kappa shape index (κ2) is 4.60. The number of benzene rings is 1. The Morgan fingerprint density at radius 1 is 1.50 bits per heavy atom. The molecule has 2 rings (SSSR count). The number of hydrogen-bond acceptors (Lipinski definition) is 2. The fourth-order valence-electron chi connectivity index (χ4n) is 2.56. The van der Waals surface area contributed by atoms with Gasteiger partial charge >= 0.3 is 0 Å². The maximum Gasteiger partial charge on any atom is 0.122 e. The first-order chi connectivity index (χ1) is 7.77. The van der Waals surface area contributed by atoms with Crippen molar-refractivity contribution in [2.45, 2.75) is 25.8 Å². The van der Waals surface area contributed by atoms with Gasteiger partial charge in [-0.25, -0.2) is 0 Å². The van der Waals surface area contributed by atoms with Crippen molar-refractivity contribution in [3.8, 4) is 5.75 Å². The van der Waals surface area contributed by atoms with E-state index >= 15 is 0 Å². The van der Waals surface area contributed by atoms with E-state index in [1.165, 1.54) is 24.0 Å². The molecule has 0 aromatic heterocycles. The van der Waals surface area contributed by atoms with Crippen LogP contribution >= 0.6 is 0 Å². The van der Waals surface area contributed by atoms with E-state index < -0.39 is 0 Å². The van der Waals surface area contributed by atoms with E-state index in [0.29, 0.717) is 6.04 Å². The Labute approximate surface area is 97.5 Å². The molecule has 1 saturated heterocycles. The van der Waals surface area contributed by atoms with E-state index in [0.717, 1.165) is 12.3 Å². The van der Waals surface area contributed by atoms with Gasteiger partial charge in [-0.1, -0.05) is 18.7 Å². The van der Waals surface area contributed by atoms with Crippen molar-refractivity contribution < 1.29 is 4.74 Å². The summed E-state index contributed by atoms with van der Waals surface area (Å²) in [6.07, 6.45) is 4.41. The topological polar surface area (TPSA) is 12.5 Å². The van der Waals surface area contributed by atoms with Crippen molar-refractivity contribution in [1.82, 2.24) is 4.90 Å². The number of ether oxygens (including phenoxy) is 1. The lowest BCUT2D eigenvalue weighted by molar-refractivity contribution is 0.355. The fourth-order valence-corrected chi connectivity index (χ4v) is 2.56. The van der Waals surface area contributed by atoms with Crippen molar-refractivity contribution >= 4 is 0 Å². The highest BCUT2D eigenvalue weighted by atomic mass is 16.5. The van der Waals surface area contributed by atoms with Crippen LogP contribution in [0.15, 0.2) is 31.0 Å². The molecule has 1 heterocycles. The van der Waals surface area contributed by atoms with Crippen LogP contribution in [0.3, 0.4) is 0 Å². The molecule has 0 radical (unpaired) electrons. The normalized spacial score (nSPS) is 19.9. The third-order valence-electron chi connectivity index (χ3n) is 3.43. The highest BCUT2D eigenvalue weighted by Gasteiger charge is 2.24. The molecule has 16 heavy (non-hydrogen) atoms. The summed E-state index contributed by atoms with van der Waals surface area (Å²) >= 11 is 0. The van der Waals surface area contributed by atoms with Crippen LogP contribution < -0.4 is 4.74 Å². The molecule has 0 saturated carbocycles. The molecule has 2 nitrogen and oxygen atoms in total. The Balaban J connectivity index is 2.36. The summed E-state index contributed by atoms with van der Waals surface area (Å²) in [5, 5.41) is 0. The minimum atomic E-state index is 0.479. The van der Waals surface area contributed by atoms with Gasteiger partial charge in [0.2, 0.25) is 0 Å². The van der Waals surface area contributed by atoms with Gasteiger partial charge in [-0.2, -0.15) is 0 Å². The number of nitrogens with zero attached hydrogens (tertiary/aromatic N) is 1. The number of methoxy groups -OCH3 is 1. The lowest BCUT2D eigenvalue weighted by atomic mass is 9.99. The molecular weight excluding hydrogens is 198 g/mol. The van der Waals surface area contributed by atoms with Crippen molar-refractivity contribution in [3.63, 3.8) is 0 Å². The zero-order valence-corrected chi connectivity index (χ0v) is 10.1. The van der Waals surface area contributed by atoms with Gasteiger partial charge in [-0.3, -0.25) is 0 Å². The van der Waals surface area contributed by atoms with Gasteiger partial charge in [-0.15, -0.1) is 0 Å². The average Bonchev–Trinajstić information content (AvgIpc) is 2.77. The smallest absolute Gasteiger partial charge is 0.122 e. The number of hydrogen-bond donors (Lipinski definition) is 0. The van der Waals surface area contributed by atoms with Crippen LogP contribution in [-0.4, -0.2) is 18.6 Å². The molecule has 0 spiro atoms. The molecule has 1 atom stereocenters. The monoisotopic (exact) mass is 217 g/mol. The maximum absolute atomic E-state index is 5.37. The van der Waals surface area contributed by atoms with Crippen LogP contribution in [0, 0.1) is 6.92 Å². The van der Waals surface area contributed by atoms with Crippen molar-refractivity contribution in [2.24, 2.45) is 0 Å². The fraction of sp³-hybridized carbons (Fsp3) is 0.429. The molecule has 0 bridgehead atoms. The first kappa shape index (κ1) is 11.1. The van der Waals surface area contributed by atoms with Gasteiger partial charge in [-0.05, 0) is 43.2 Å². The number of likely N-dealkylation sites (tertiary alicyclic amines) is 1. The van der Waals surface area contributed by atoms with Crippen LogP contribution in [0.2, 0.25) is 0 Å². The quantitative estimate of drug-likeness (QED) is 0.770. The summed E-state index contributed by atoms with van der Waals surface area (Å²) in [4.78, 5) is 2.32. The Hall–Kier alpha value is -1.44. The zero-order chi connectivity index (χ0) is 11.5. The SMILES string of the molecule is C=CN1CCCC1c1cccc(OC)c1C. The number of rotatable bonds is 3. The largest absolute Gasteiger partial charge is 0.496 e. The minimum Gasteiger partial charge on any atom is -0.496 e. The lowest BCUT2D eigenvalue weighted by Gasteiger charge is -2.24. The average molecular weight is 217 g/mol. The first-order valence-corrected chi connectivity index (χ1v) is 5.79. The molecule has 1 fully saturated rings. The minimum absolute atomic E-state index is 0.479. The van der Waals surface area contributed by atoms with E-state index in [4.69, 9.17) is 4.74 Å². The van der Waals surface area contributed by atoms with Gasteiger partial charge in [0.1, 0.15) is 5.75 Å². The van der Waals surface area contributed by atoms with Crippen molar-refractivity contribution in [3.05, 3.63) is 42.1 Å². The third-order valence-corrected chi connectivity index (χ3v) is 3.43. The summed E-state index contributed by atoms with van der Waals surface area (Å²) in [6, 6.07) is 6.77. The Kier molecular flexibility index (Phi) is 3.18. The summed E-state index contributed by atoms with van der Waals surface area (Å²) in [5.74, 6) is 0.980. The molecule has 86 valence electrons. The van der Waals surface area contributed by atoms with E-state index in [2.05, 4.69) is 30.5 Å². The molecule has 1 aromatic carbocycles. The predicted molar refractivity (Wildman–Crippen MR) is 66.6 cm³/mol. The summed E-state index contributed by atoms with van der Waals surface area (Å²) in [6.45, 7) is 7.13. The standard InChI is InChI=1S/C14H19NO/c1-4-15-10-6-8-13(15)12-7-5-9-14(16-3)11(12)2/h4-5,7,9,13H,1,6,8,10H2,2-3H3. The zero-order valence-electron chi connectivity index (χ0n) is 10.1. The molecule has 1 unspecified atom stereocenters. The van der Waals surface area contributed by atoms with Crippen LogP contribution in [0.4, 0.5) is 0 Å². The van der Waals surface area contributed by atoms with Crippen molar-refractivity contribution in [1.29, 1.82) is 0 Å². The van der Waals surface area contributed by atoms with Gasteiger partial charge in [0.05, 0.1) is 13.2 Å². The van der Waals surface area contributed by atoms with Crippen LogP contribution in [-0.2, 0) is 0 Å². The Morgan fingerprint density at radius 2 is 2.31 bits per heavy atom. The highest BCUT2D eigenvalue weighted by Crippen LogP contribution is 2.36. The Morgan fingerprint density at radius 3 is 3.00 bits per heavy atom. The van der Waals surface area contributed by atoms with Gasteiger partial charge in [0, 0.05) is 6.54 Å². The summed E-state index contributed by atoms with van der Waals surface area (Å²) in [7, 11) is 1.73. The van der Waals surface area contributed by atoms with Crippen molar-refractivity contribution in [2.75, 3.05) is 13.7 Å². The highest BCUT2D eigenvalue weighted by molar-refractivity contribution is 5.41. The van der Waals surface area contributed by atoms with E-state index in [-0.39, 0.29) is 0 Å². The van der Waals surface area contributed by atoms with Gasteiger partial charge < -0.3 is 9.64 Å². The van der Waals surface area contributed by atoms with E-state index in [1.807, 2.05) is 12.3 Å². The molecule has 1 aliphatic rings. The lowest BCUT2D eigenvalue weighted by Crippen LogP contribution is -2.17. The Bertz CT molecular complexity index is 386. The van der Waals surface area contributed by atoms with E-state index in [9.17, 15) is 0 Å². The van der Waals surface area contributed by atoms with Gasteiger partial charge in [0.15, 0.2) is 0 Å². The van der Waals surface area contributed by atoms with Gasteiger partial charge in [0.25, 0.3) is 0 Å². The maximum atomic E-state index is 5.37. The molecular formula is C14H19NO. The molecule has 1 aliphatic heterocycles. The molecule has 1 aromatic rings. The molecule has 0 amide bonds.